The van der Waals surface area contributed by atoms with Gasteiger partial charge in [-0.05, 0) is 101 Å². The van der Waals surface area contributed by atoms with Crippen molar-refractivity contribution in [2.45, 2.75) is 92.4 Å². The minimum atomic E-state index is -0.822. The lowest BCUT2D eigenvalue weighted by atomic mass is 9.46. The molecule has 2 aliphatic rings. The highest BCUT2D eigenvalue weighted by Gasteiger charge is 2.53. The summed E-state index contributed by atoms with van der Waals surface area (Å²) in [6.45, 7) is 15.8. The van der Waals surface area contributed by atoms with E-state index in [0.717, 1.165) is 24.8 Å². The SMILES string of the molecule is C=C1CCC[C@@]2(C)[C@@H]1CC[C@](C)(CCC=C(C)C)[C@H]2CC/C(C)=C/C(=O)O. The Morgan fingerprint density at radius 2 is 1.96 bits per heavy atom. The molecule has 0 aliphatic heterocycles. The van der Waals surface area contributed by atoms with Crippen LogP contribution in [-0.2, 0) is 4.79 Å². The standard InChI is InChI=1S/C25H40O2/c1-18(2)9-7-14-24(5)16-13-21-20(4)10-8-15-25(21,6)22(24)12-11-19(3)17-23(26)27/h9,17,21-22H,4,7-8,10-16H2,1-3,5-6H3,(H,26,27)/b19-17+/t21-,22-,24+,25+/m1/s1. The van der Waals surface area contributed by atoms with Gasteiger partial charge < -0.3 is 5.11 Å². The summed E-state index contributed by atoms with van der Waals surface area (Å²) in [7, 11) is 0. The summed E-state index contributed by atoms with van der Waals surface area (Å²) >= 11 is 0. The summed E-state index contributed by atoms with van der Waals surface area (Å²) in [5.74, 6) is 0.456. The molecular formula is C25H40O2. The van der Waals surface area contributed by atoms with E-state index in [0.29, 0.717) is 22.7 Å². The summed E-state index contributed by atoms with van der Waals surface area (Å²) in [5, 5.41) is 9.07. The van der Waals surface area contributed by atoms with Crippen LogP contribution < -0.4 is 0 Å². The van der Waals surface area contributed by atoms with Crippen LogP contribution in [0.4, 0.5) is 0 Å². The first kappa shape index (κ1) is 22.0. The van der Waals surface area contributed by atoms with Gasteiger partial charge in [0.1, 0.15) is 0 Å². The Morgan fingerprint density at radius 3 is 2.59 bits per heavy atom. The van der Waals surface area contributed by atoms with E-state index in [1.54, 1.807) is 0 Å². The first-order valence-corrected chi connectivity index (χ1v) is 10.8. The van der Waals surface area contributed by atoms with Crippen molar-refractivity contribution >= 4 is 5.97 Å². The Balaban J connectivity index is 2.27. The number of carboxylic acids is 1. The van der Waals surface area contributed by atoms with Gasteiger partial charge in [-0.15, -0.1) is 0 Å². The largest absolute Gasteiger partial charge is 0.478 e. The first-order chi connectivity index (χ1) is 12.6. The molecule has 152 valence electrons. The van der Waals surface area contributed by atoms with Crippen LogP contribution >= 0.6 is 0 Å². The van der Waals surface area contributed by atoms with Crippen LogP contribution in [0.2, 0.25) is 0 Å². The zero-order valence-corrected chi connectivity index (χ0v) is 18.2. The van der Waals surface area contributed by atoms with Crippen LogP contribution in [0.1, 0.15) is 92.4 Å². The second-order valence-electron chi connectivity index (χ2n) is 10.0. The molecule has 0 spiro atoms. The van der Waals surface area contributed by atoms with Gasteiger partial charge >= 0.3 is 5.97 Å². The molecule has 4 atom stereocenters. The molecule has 2 nitrogen and oxygen atoms in total. The monoisotopic (exact) mass is 372 g/mol. The van der Waals surface area contributed by atoms with E-state index in [9.17, 15) is 4.79 Å². The quantitative estimate of drug-likeness (QED) is 0.375. The third-order valence-electron chi connectivity index (χ3n) is 7.61. The predicted molar refractivity (Wildman–Crippen MR) is 115 cm³/mol. The van der Waals surface area contributed by atoms with Crippen LogP contribution in [0.25, 0.3) is 0 Å². The van der Waals surface area contributed by atoms with Gasteiger partial charge in [0.05, 0.1) is 0 Å². The van der Waals surface area contributed by atoms with Gasteiger partial charge in [0.2, 0.25) is 0 Å². The summed E-state index contributed by atoms with van der Waals surface area (Å²) < 4.78 is 0. The molecule has 0 aromatic carbocycles. The zero-order valence-electron chi connectivity index (χ0n) is 18.2. The highest BCUT2D eigenvalue weighted by molar-refractivity contribution is 5.80. The van der Waals surface area contributed by atoms with Crippen LogP contribution in [0.5, 0.6) is 0 Å². The molecule has 0 amide bonds. The zero-order chi connectivity index (χ0) is 20.2. The van der Waals surface area contributed by atoms with Gasteiger partial charge in [-0.2, -0.15) is 0 Å². The third kappa shape index (κ3) is 5.15. The van der Waals surface area contributed by atoms with Crippen molar-refractivity contribution in [2.24, 2.45) is 22.7 Å². The summed E-state index contributed by atoms with van der Waals surface area (Å²) in [6, 6.07) is 0. The van der Waals surface area contributed by atoms with Gasteiger partial charge in [-0.1, -0.05) is 43.2 Å². The average Bonchev–Trinajstić information content (AvgIpc) is 2.52. The molecular weight excluding hydrogens is 332 g/mol. The summed E-state index contributed by atoms with van der Waals surface area (Å²) in [6.07, 6.45) is 14.5. The van der Waals surface area contributed by atoms with Crippen molar-refractivity contribution in [3.05, 3.63) is 35.5 Å². The number of rotatable bonds is 7. The van der Waals surface area contributed by atoms with E-state index in [2.05, 4.69) is 40.3 Å². The topological polar surface area (TPSA) is 37.3 Å². The fourth-order valence-electron chi connectivity index (χ4n) is 6.23. The van der Waals surface area contributed by atoms with Gasteiger partial charge in [-0.3, -0.25) is 0 Å². The number of allylic oxidation sites excluding steroid dienone is 4. The van der Waals surface area contributed by atoms with E-state index >= 15 is 0 Å². The van der Waals surface area contributed by atoms with Crippen molar-refractivity contribution in [3.63, 3.8) is 0 Å². The van der Waals surface area contributed by atoms with Crippen molar-refractivity contribution in [1.82, 2.24) is 0 Å². The maximum absolute atomic E-state index is 11.0. The molecule has 2 saturated carbocycles. The Hall–Kier alpha value is -1.31. The lowest BCUT2D eigenvalue weighted by molar-refractivity contribution is -0.131. The molecule has 2 heteroatoms. The molecule has 1 N–H and O–H groups in total. The van der Waals surface area contributed by atoms with E-state index in [1.807, 2.05) is 6.92 Å². The van der Waals surface area contributed by atoms with E-state index < -0.39 is 5.97 Å². The van der Waals surface area contributed by atoms with Crippen molar-refractivity contribution in [2.75, 3.05) is 0 Å². The molecule has 0 unspecified atom stereocenters. The normalized spacial score (nSPS) is 34.1. The number of carbonyl (C=O) groups is 1. The lowest BCUT2D eigenvalue weighted by Crippen LogP contribution is -2.50. The fourth-order valence-corrected chi connectivity index (χ4v) is 6.23. The first-order valence-electron chi connectivity index (χ1n) is 10.8. The van der Waals surface area contributed by atoms with E-state index in [-0.39, 0.29) is 0 Å². The second kappa shape index (κ2) is 8.80. The number of aliphatic carboxylic acids is 1. The molecule has 0 saturated heterocycles. The average molecular weight is 373 g/mol. The van der Waals surface area contributed by atoms with Gasteiger partial charge in [-0.25, -0.2) is 4.79 Å². The molecule has 0 bridgehead atoms. The van der Waals surface area contributed by atoms with Crippen molar-refractivity contribution in [1.29, 1.82) is 0 Å². The minimum Gasteiger partial charge on any atom is -0.478 e. The van der Waals surface area contributed by atoms with Crippen LogP contribution in [0, 0.1) is 22.7 Å². The van der Waals surface area contributed by atoms with Gasteiger partial charge in [0.15, 0.2) is 0 Å². The minimum absolute atomic E-state index is 0.316. The number of hydrogen-bond donors (Lipinski definition) is 1. The maximum Gasteiger partial charge on any atom is 0.328 e. The van der Waals surface area contributed by atoms with Crippen LogP contribution in [-0.4, -0.2) is 11.1 Å². The Kier molecular flexibility index (Phi) is 7.16. The van der Waals surface area contributed by atoms with Crippen LogP contribution in [0.3, 0.4) is 0 Å². The predicted octanol–water partition coefficient (Wildman–Crippen LogP) is 7.32. The van der Waals surface area contributed by atoms with Crippen molar-refractivity contribution in [3.8, 4) is 0 Å². The third-order valence-corrected chi connectivity index (χ3v) is 7.61. The molecule has 27 heavy (non-hydrogen) atoms. The second-order valence-corrected chi connectivity index (χ2v) is 10.0. The summed E-state index contributed by atoms with van der Waals surface area (Å²) in [5.41, 5.74) is 4.52. The highest BCUT2D eigenvalue weighted by atomic mass is 16.4. The Bertz CT molecular complexity index is 622. The number of carboxylic acid groups (broad SMARTS) is 1. The number of fused-ring (bicyclic) bond motifs is 1. The molecule has 0 aromatic rings. The van der Waals surface area contributed by atoms with Crippen LogP contribution in [0.15, 0.2) is 35.5 Å². The molecule has 2 rings (SSSR count). The molecule has 0 radical (unpaired) electrons. The maximum atomic E-state index is 11.0. The molecule has 0 aromatic heterocycles. The Labute approximate surface area is 166 Å². The number of hydrogen-bond acceptors (Lipinski definition) is 1. The molecule has 2 aliphatic carbocycles. The molecule has 2 fully saturated rings. The van der Waals surface area contributed by atoms with Crippen molar-refractivity contribution < 1.29 is 9.90 Å². The summed E-state index contributed by atoms with van der Waals surface area (Å²) in [4.78, 5) is 11.0. The molecule has 0 heterocycles. The van der Waals surface area contributed by atoms with Gasteiger partial charge in [0.25, 0.3) is 0 Å². The Morgan fingerprint density at radius 1 is 1.26 bits per heavy atom. The highest BCUT2D eigenvalue weighted by Crippen LogP contribution is 2.63. The van der Waals surface area contributed by atoms with Gasteiger partial charge in [0, 0.05) is 6.08 Å². The fraction of sp³-hybridized carbons (Fsp3) is 0.720. The van der Waals surface area contributed by atoms with E-state index in [1.165, 1.54) is 55.7 Å². The smallest absolute Gasteiger partial charge is 0.328 e. The van der Waals surface area contributed by atoms with E-state index in [4.69, 9.17) is 5.11 Å². The lowest BCUT2D eigenvalue weighted by Gasteiger charge is -2.59.